The second kappa shape index (κ2) is 10.3. The van der Waals surface area contributed by atoms with Crippen LogP contribution in [-0.4, -0.2) is 42.1 Å². The Morgan fingerprint density at radius 2 is 1.76 bits per heavy atom. The molecule has 3 aromatic rings. The minimum Gasteiger partial charge on any atom is -0.495 e. The second-order valence-electron chi connectivity index (χ2n) is 8.13. The molecule has 1 unspecified atom stereocenters. The normalized spacial score (nSPS) is 15.6. The van der Waals surface area contributed by atoms with Crippen LogP contribution in [0, 0.1) is 12.8 Å². The Bertz CT molecular complexity index is 1090. The molecular weight excluding hydrogens is 420 g/mol. The highest BCUT2D eigenvalue weighted by molar-refractivity contribution is 5.95. The van der Waals surface area contributed by atoms with E-state index in [2.05, 4.69) is 20.7 Å². The molecule has 4 rings (SSSR count). The minimum atomic E-state index is -0.485. The number of amides is 2. The minimum absolute atomic E-state index is 0.0297. The van der Waals surface area contributed by atoms with Crippen LogP contribution in [0.1, 0.15) is 30.2 Å². The van der Waals surface area contributed by atoms with Crippen LogP contribution in [0.25, 0.3) is 0 Å². The fraction of sp³-hybridized carbons (Fsp3) is 0.320. The van der Waals surface area contributed by atoms with E-state index in [0.29, 0.717) is 48.9 Å². The van der Waals surface area contributed by atoms with Crippen molar-refractivity contribution in [1.29, 1.82) is 0 Å². The number of likely N-dealkylation sites (tertiary alicyclic amines) is 1. The van der Waals surface area contributed by atoms with Crippen molar-refractivity contribution in [3.63, 3.8) is 0 Å². The molecular formula is C25H28N4O4. The molecule has 0 aliphatic carbocycles. The number of carbonyl (C=O) groups excluding carboxylic acids is 2. The molecule has 8 nitrogen and oxygen atoms in total. The van der Waals surface area contributed by atoms with Gasteiger partial charge in [0.25, 0.3) is 0 Å². The number of carbonyl (C=O) groups is 2. The highest BCUT2D eigenvalue weighted by atomic mass is 16.5. The number of ether oxygens (including phenoxy) is 1. The van der Waals surface area contributed by atoms with Crippen LogP contribution in [0.5, 0.6) is 5.75 Å². The number of piperidine rings is 1. The maximum Gasteiger partial charge on any atom is 0.247 e. The molecule has 2 heterocycles. The Hall–Kier alpha value is -3.65. The van der Waals surface area contributed by atoms with Gasteiger partial charge in [0.2, 0.25) is 11.8 Å². The van der Waals surface area contributed by atoms with Crippen molar-refractivity contribution in [2.45, 2.75) is 25.8 Å². The third-order valence-corrected chi connectivity index (χ3v) is 5.87. The van der Waals surface area contributed by atoms with Gasteiger partial charge in [-0.1, -0.05) is 47.6 Å². The summed E-state index contributed by atoms with van der Waals surface area (Å²) in [4.78, 5) is 28.2. The monoisotopic (exact) mass is 448 g/mol. The largest absolute Gasteiger partial charge is 0.495 e. The van der Waals surface area contributed by atoms with E-state index < -0.39 is 6.04 Å². The van der Waals surface area contributed by atoms with Crippen molar-refractivity contribution in [3.8, 4) is 5.75 Å². The average molecular weight is 449 g/mol. The van der Waals surface area contributed by atoms with Crippen LogP contribution in [0.2, 0.25) is 0 Å². The van der Waals surface area contributed by atoms with Crippen LogP contribution < -0.4 is 15.4 Å². The standard InChI is InChI=1S/C25H28N4O4/c1-17-16-22(28-33-17)27-25(31)23(18-8-4-3-5-9-18)29-14-12-19(13-15-29)24(30)26-20-10-6-7-11-21(20)32-2/h3-11,16,19,23H,12-15H2,1-2H3,(H,26,30)(H,27,28,31). The number of para-hydroxylation sites is 2. The molecule has 0 bridgehead atoms. The number of hydrogen-bond acceptors (Lipinski definition) is 6. The number of aryl methyl sites for hydroxylation is 1. The molecule has 0 saturated carbocycles. The van der Waals surface area contributed by atoms with E-state index in [-0.39, 0.29) is 17.7 Å². The fourth-order valence-electron chi connectivity index (χ4n) is 4.19. The number of nitrogens with zero attached hydrogens (tertiary/aromatic N) is 2. The van der Waals surface area contributed by atoms with Crippen LogP contribution in [0.4, 0.5) is 11.5 Å². The molecule has 2 N–H and O–H groups in total. The van der Waals surface area contributed by atoms with Crippen LogP contribution in [0.15, 0.2) is 65.2 Å². The molecule has 172 valence electrons. The summed E-state index contributed by atoms with van der Waals surface area (Å²) in [7, 11) is 1.58. The van der Waals surface area contributed by atoms with Crippen molar-refractivity contribution in [1.82, 2.24) is 10.1 Å². The highest BCUT2D eigenvalue weighted by Gasteiger charge is 2.33. The summed E-state index contributed by atoms with van der Waals surface area (Å²) in [6, 6.07) is 18.2. The van der Waals surface area contributed by atoms with Crippen molar-refractivity contribution < 1.29 is 18.8 Å². The Labute approximate surface area is 192 Å². The van der Waals surface area contributed by atoms with Gasteiger partial charge in [-0.15, -0.1) is 0 Å². The Morgan fingerprint density at radius 3 is 2.42 bits per heavy atom. The summed E-state index contributed by atoms with van der Waals surface area (Å²) in [5.41, 5.74) is 1.56. The molecule has 2 amide bonds. The predicted molar refractivity (Wildman–Crippen MR) is 125 cm³/mol. The van der Waals surface area contributed by atoms with E-state index in [1.165, 1.54) is 0 Å². The summed E-state index contributed by atoms with van der Waals surface area (Å²) in [5.74, 6) is 1.31. The van der Waals surface area contributed by atoms with Crippen LogP contribution in [-0.2, 0) is 9.59 Å². The third-order valence-electron chi connectivity index (χ3n) is 5.87. The Balaban J connectivity index is 1.43. The van der Waals surface area contributed by atoms with Gasteiger partial charge in [-0.2, -0.15) is 0 Å². The van der Waals surface area contributed by atoms with E-state index in [9.17, 15) is 9.59 Å². The van der Waals surface area contributed by atoms with Gasteiger partial charge in [0.15, 0.2) is 5.82 Å². The van der Waals surface area contributed by atoms with Crippen molar-refractivity contribution in [2.24, 2.45) is 5.92 Å². The lowest BCUT2D eigenvalue weighted by atomic mass is 9.93. The molecule has 1 saturated heterocycles. The van der Waals surface area contributed by atoms with Gasteiger partial charge in [-0.25, -0.2) is 0 Å². The first kappa shape index (κ1) is 22.5. The summed E-state index contributed by atoms with van der Waals surface area (Å²) in [5, 5.41) is 9.72. The van der Waals surface area contributed by atoms with Crippen molar-refractivity contribution >= 4 is 23.3 Å². The summed E-state index contributed by atoms with van der Waals surface area (Å²) >= 11 is 0. The lowest BCUT2D eigenvalue weighted by molar-refractivity contribution is -0.124. The summed E-state index contributed by atoms with van der Waals surface area (Å²) < 4.78 is 10.4. The molecule has 1 aromatic heterocycles. The maximum absolute atomic E-state index is 13.2. The number of methoxy groups -OCH3 is 1. The van der Waals surface area contributed by atoms with Crippen molar-refractivity contribution in [2.75, 3.05) is 30.8 Å². The number of rotatable bonds is 7. The predicted octanol–water partition coefficient (Wildman–Crippen LogP) is 4.02. The molecule has 0 radical (unpaired) electrons. The number of nitrogens with one attached hydrogen (secondary N) is 2. The van der Waals surface area contributed by atoms with Gasteiger partial charge >= 0.3 is 0 Å². The van der Waals surface area contributed by atoms with E-state index in [0.717, 1.165) is 5.56 Å². The zero-order valence-electron chi connectivity index (χ0n) is 18.8. The van der Waals surface area contributed by atoms with Gasteiger partial charge < -0.3 is 19.9 Å². The summed E-state index contributed by atoms with van der Waals surface area (Å²) in [6.07, 6.45) is 1.31. The van der Waals surface area contributed by atoms with E-state index in [4.69, 9.17) is 9.26 Å². The number of benzene rings is 2. The number of hydrogen-bond donors (Lipinski definition) is 2. The third kappa shape index (κ3) is 5.40. The second-order valence-corrected chi connectivity index (χ2v) is 8.13. The van der Waals surface area contributed by atoms with E-state index in [1.54, 1.807) is 20.1 Å². The lowest BCUT2D eigenvalue weighted by Crippen LogP contribution is -2.44. The quantitative estimate of drug-likeness (QED) is 0.567. The van der Waals surface area contributed by atoms with E-state index in [1.807, 2.05) is 54.6 Å². The Kier molecular flexibility index (Phi) is 7.04. The molecule has 0 spiro atoms. The van der Waals surface area contributed by atoms with Gasteiger partial charge in [0.1, 0.15) is 17.6 Å². The van der Waals surface area contributed by atoms with Crippen LogP contribution in [0.3, 0.4) is 0 Å². The number of aromatic nitrogens is 1. The molecule has 1 fully saturated rings. The zero-order chi connectivity index (χ0) is 23.2. The fourth-order valence-corrected chi connectivity index (χ4v) is 4.19. The van der Waals surface area contributed by atoms with Gasteiger partial charge in [-0.05, 0) is 50.6 Å². The molecule has 33 heavy (non-hydrogen) atoms. The SMILES string of the molecule is COc1ccccc1NC(=O)C1CCN(C(C(=O)Nc2cc(C)on2)c2ccccc2)CC1. The molecule has 1 aliphatic rings. The number of anilines is 2. The summed E-state index contributed by atoms with van der Waals surface area (Å²) in [6.45, 7) is 3.02. The van der Waals surface area contributed by atoms with Gasteiger partial charge in [0.05, 0.1) is 12.8 Å². The van der Waals surface area contributed by atoms with E-state index >= 15 is 0 Å². The molecule has 1 aliphatic heterocycles. The average Bonchev–Trinajstić information content (AvgIpc) is 3.25. The van der Waals surface area contributed by atoms with Gasteiger partial charge in [-0.3, -0.25) is 14.5 Å². The molecule has 2 aromatic carbocycles. The smallest absolute Gasteiger partial charge is 0.247 e. The first-order valence-electron chi connectivity index (χ1n) is 11.0. The maximum atomic E-state index is 13.2. The topological polar surface area (TPSA) is 96.7 Å². The molecule has 1 atom stereocenters. The first-order chi connectivity index (χ1) is 16.0. The zero-order valence-corrected chi connectivity index (χ0v) is 18.8. The highest BCUT2D eigenvalue weighted by Crippen LogP contribution is 2.30. The first-order valence-corrected chi connectivity index (χ1v) is 11.0. The Morgan fingerprint density at radius 1 is 1.06 bits per heavy atom. The lowest BCUT2D eigenvalue weighted by Gasteiger charge is -2.36. The van der Waals surface area contributed by atoms with Crippen molar-refractivity contribution in [3.05, 3.63) is 72.0 Å². The molecule has 8 heteroatoms. The van der Waals surface area contributed by atoms with Gasteiger partial charge in [0, 0.05) is 12.0 Å². The van der Waals surface area contributed by atoms with Crippen LogP contribution >= 0.6 is 0 Å².